The van der Waals surface area contributed by atoms with Gasteiger partial charge in [-0.25, -0.2) is 17.7 Å². The lowest BCUT2D eigenvalue weighted by Gasteiger charge is -2.22. The van der Waals surface area contributed by atoms with Gasteiger partial charge < -0.3 is 19.8 Å². The highest BCUT2D eigenvalue weighted by atomic mass is 32.2. The number of hydrogen-bond acceptors (Lipinski definition) is 7. The summed E-state index contributed by atoms with van der Waals surface area (Å²) in [5.74, 6) is -0.790. The van der Waals surface area contributed by atoms with Crippen LogP contribution in [0.5, 0.6) is 0 Å². The van der Waals surface area contributed by atoms with Crippen molar-refractivity contribution >= 4 is 43.1 Å². The van der Waals surface area contributed by atoms with Gasteiger partial charge in [-0.05, 0) is 48.7 Å². The first kappa shape index (κ1) is 33.5. The van der Waals surface area contributed by atoms with Gasteiger partial charge in [-0.3, -0.25) is 4.79 Å². The molecule has 2 unspecified atom stereocenters. The number of aromatic nitrogens is 2. The number of fused-ring (bicyclic) bond motifs is 1. The molecule has 1 saturated heterocycles. The third-order valence-corrected chi connectivity index (χ3v) is 13.5. The summed E-state index contributed by atoms with van der Waals surface area (Å²) in [7, 11) is -6.70. The fourth-order valence-corrected chi connectivity index (χ4v) is 9.00. The molecule has 3 aromatic rings. The zero-order chi connectivity index (χ0) is 31.6. The third-order valence-electron chi connectivity index (χ3n) is 8.00. The van der Waals surface area contributed by atoms with Gasteiger partial charge in [0.15, 0.2) is 0 Å². The van der Waals surface area contributed by atoms with Crippen LogP contribution < -0.4 is 5.73 Å². The molecule has 43 heavy (non-hydrogen) atoms. The van der Waals surface area contributed by atoms with Crippen molar-refractivity contribution in [1.82, 2.24) is 13.9 Å². The van der Waals surface area contributed by atoms with Crippen LogP contribution in [0.4, 0.5) is 0 Å². The summed E-state index contributed by atoms with van der Waals surface area (Å²) >= 11 is 0. The first-order valence-electron chi connectivity index (χ1n) is 15.1. The molecule has 3 atom stereocenters. The summed E-state index contributed by atoms with van der Waals surface area (Å²) in [4.78, 5) is 18.7. The molecule has 9 nitrogen and oxygen atoms in total. The molecule has 1 amide bonds. The Bertz CT molecular complexity index is 1530. The van der Waals surface area contributed by atoms with Crippen LogP contribution in [0.3, 0.4) is 0 Å². The number of rotatable bonds is 14. The molecule has 236 valence electrons. The van der Waals surface area contributed by atoms with E-state index in [2.05, 4.69) is 39.3 Å². The maximum absolute atomic E-state index is 14.0. The number of carbonyl (C=O) groups is 1. The Kier molecular flexibility index (Phi) is 10.4. The summed E-state index contributed by atoms with van der Waals surface area (Å²) in [6.07, 6.45) is 0.112. The van der Waals surface area contributed by atoms with Gasteiger partial charge in [0, 0.05) is 29.4 Å². The zero-order valence-corrected chi connectivity index (χ0v) is 29.5. The van der Waals surface area contributed by atoms with Crippen LogP contribution in [-0.4, -0.2) is 64.3 Å². The number of hydrogen-bond donors (Lipinski definition) is 1. The van der Waals surface area contributed by atoms with Gasteiger partial charge in [-0.2, -0.15) is 0 Å². The van der Waals surface area contributed by atoms with Gasteiger partial charge in [-0.1, -0.05) is 75.7 Å². The number of carbonyl (C=O) groups excluding carboxylic acids is 1. The van der Waals surface area contributed by atoms with Crippen LogP contribution in [0.25, 0.3) is 11.0 Å². The number of benzene rings is 2. The molecule has 2 N–H and O–H groups in total. The van der Waals surface area contributed by atoms with E-state index in [1.807, 2.05) is 54.0 Å². The molecule has 4 rings (SSSR count). The van der Waals surface area contributed by atoms with Crippen LogP contribution in [0.1, 0.15) is 34.7 Å². The second kappa shape index (κ2) is 13.3. The van der Waals surface area contributed by atoms with E-state index in [0.717, 1.165) is 33.0 Å². The number of nitrogens with zero attached hydrogens (tertiary/aromatic N) is 3. The van der Waals surface area contributed by atoms with Gasteiger partial charge in [0.2, 0.25) is 15.9 Å². The monoisotopic (exact) mass is 644 g/mol. The second-order valence-electron chi connectivity index (χ2n) is 14.0. The van der Waals surface area contributed by atoms with Gasteiger partial charge in [0.05, 0.1) is 23.0 Å². The lowest BCUT2D eigenvalue weighted by molar-refractivity contribution is -0.132. The van der Waals surface area contributed by atoms with Crippen molar-refractivity contribution in [2.75, 3.05) is 19.9 Å². The first-order chi connectivity index (χ1) is 20.1. The van der Waals surface area contributed by atoms with Crippen LogP contribution in [0.15, 0.2) is 48.5 Å². The van der Waals surface area contributed by atoms with Crippen LogP contribution >= 0.6 is 0 Å². The molecule has 1 fully saturated rings. The Morgan fingerprint density at radius 3 is 2.12 bits per heavy atom. The number of imidazole rings is 1. The number of nitrogens with two attached hydrogens (primary N) is 1. The van der Waals surface area contributed by atoms with Crippen molar-refractivity contribution in [1.29, 1.82) is 0 Å². The van der Waals surface area contributed by atoms with Crippen LogP contribution in [0.2, 0.25) is 51.4 Å². The SMILES string of the molecule is Cc1ccccc1C1C(C[C@H](N)c2nc3ccccc3n2COCC[Si](C)(C)C)C(=O)N(COCC[Si](C)(C)C)S1(=O)=O. The predicted octanol–water partition coefficient (Wildman–Crippen LogP) is 5.89. The topological polar surface area (TPSA) is 117 Å². The summed E-state index contributed by atoms with van der Waals surface area (Å²) in [5.41, 5.74) is 9.92. The molecule has 0 saturated carbocycles. The molecular weight excluding hydrogens is 597 g/mol. The minimum atomic E-state index is -4.05. The summed E-state index contributed by atoms with van der Waals surface area (Å²) in [5, 5.41) is -1.06. The number of amides is 1. The van der Waals surface area contributed by atoms with E-state index in [9.17, 15) is 13.2 Å². The molecule has 1 aromatic heterocycles. The molecule has 0 spiro atoms. The molecule has 0 bridgehead atoms. The number of ether oxygens (including phenoxy) is 2. The fraction of sp³-hybridized carbons (Fsp3) is 0.548. The van der Waals surface area contributed by atoms with E-state index in [1.54, 1.807) is 6.07 Å². The molecule has 0 radical (unpaired) electrons. The van der Waals surface area contributed by atoms with Crippen LogP contribution in [0, 0.1) is 12.8 Å². The number of aryl methyl sites for hydroxylation is 1. The molecule has 12 heteroatoms. The Labute approximate surface area is 258 Å². The largest absolute Gasteiger partial charge is 0.361 e. The van der Waals surface area contributed by atoms with E-state index in [4.69, 9.17) is 20.2 Å². The molecule has 1 aliphatic heterocycles. The highest BCUT2D eigenvalue weighted by Crippen LogP contribution is 2.45. The van der Waals surface area contributed by atoms with E-state index < -0.39 is 49.3 Å². The normalized spacial score (nSPS) is 19.8. The Morgan fingerprint density at radius 1 is 0.907 bits per heavy atom. The van der Waals surface area contributed by atoms with Gasteiger partial charge in [-0.15, -0.1) is 0 Å². The highest BCUT2D eigenvalue weighted by molar-refractivity contribution is 7.90. The fourth-order valence-electron chi connectivity index (χ4n) is 5.38. The summed E-state index contributed by atoms with van der Waals surface area (Å²) < 4.78 is 42.8. The van der Waals surface area contributed by atoms with Crippen LogP contribution in [-0.2, 0) is 31.0 Å². The Hall–Kier alpha value is -2.36. The predicted molar refractivity (Wildman–Crippen MR) is 178 cm³/mol. The van der Waals surface area contributed by atoms with Gasteiger partial charge in [0.25, 0.3) is 0 Å². The lowest BCUT2D eigenvalue weighted by atomic mass is 9.89. The maximum atomic E-state index is 14.0. The van der Waals surface area contributed by atoms with Crippen molar-refractivity contribution in [3.63, 3.8) is 0 Å². The Balaban J connectivity index is 1.64. The number of para-hydroxylation sites is 2. The number of sulfonamides is 1. The quantitative estimate of drug-likeness (QED) is 0.172. The van der Waals surface area contributed by atoms with E-state index in [-0.39, 0.29) is 19.9 Å². The average Bonchev–Trinajstić information content (AvgIpc) is 3.36. The second-order valence-corrected chi connectivity index (χ2v) is 27.3. The molecule has 2 heterocycles. The third kappa shape index (κ3) is 8.03. The van der Waals surface area contributed by atoms with Crippen molar-refractivity contribution in [3.8, 4) is 0 Å². The summed E-state index contributed by atoms with van der Waals surface area (Å²) in [6, 6.07) is 16.3. The van der Waals surface area contributed by atoms with E-state index in [1.165, 1.54) is 0 Å². The molecule has 1 aliphatic rings. The minimum absolute atomic E-state index is 0.112. The van der Waals surface area contributed by atoms with Crippen molar-refractivity contribution < 1.29 is 22.7 Å². The molecule has 0 aliphatic carbocycles. The molecular formula is C31H48N4O5SSi2. The highest BCUT2D eigenvalue weighted by Gasteiger charge is 2.54. The molecule has 2 aromatic carbocycles. The maximum Gasteiger partial charge on any atom is 0.247 e. The minimum Gasteiger partial charge on any atom is -0.361 e. The lowest BCUT2D eigenvalue weighted by Crippen LogP contribution is -2.34. The van der Waals surface area contributed by atoms with E-state index in [0.29, 0.717) is 24.6 Å². The van der Waals surface area contributed by atoms with Crippen molar-refractivity contribution in [2.45, 2.75) is 82.7 Å². The van der Waals surface area contributed by atoms with E-state index >= 15 is 0 Å². The van der Waals surface area contributed by atoms with Gasteiger partial charge in [0.1, 0.15) is 24.5 Å². The van der Waals surface area contributed by atoms with Gasteiger partial charge >= 0.3 is 0 Å². The Morgan fingerprint density at radius 2 is 1.49 bits per heavy atom. The van der Waals surface area contributed by atoms with Crippen molar-refractivity contribution in [2.24, 2.45) is 11.7 Å². The standard InChI is InChI=1S/C31H48N4O5SSi2/c1-23-12-8-9-13-24(23)29-25(31(36)35(41(29,37)38)22-40-17-19-43(5,6)7)20-26(32)30-33-27-14-10-11-15-28(27)34(30)21-39-16-18-42(2,3)4/h8-15,25-26,29H,16-22,32H2,1-7H3/t25?,26-,29?/m0/s1. The average molecular weight is 645 g/mol. The van der Waals surface area contributed by atoms with Crippen molar-refractivity contribution in [3.05, 3.63) is 65.5 Å². The first-order valence-corrected chi connectivity index (χ1v) is 24.0. The zero-order valence-electron chi connectivity index (χ0n) is 26.7. The smallest absolute Gasteiger partial charge is 0.247 e. The summed E-state index contributed by atoms with van der Waals surface area (Å²) in [6.45, 7) is 16.5.